The molecule has 19 heavy (non-hydrogen) atoms. The molecule has 1 amide bonds. The molecule has 2 rings (SSSR count). The van der Waals surface area contributed by atoms with Crippen molar-refractivity contribution in [3.8, 4) is 0 Å². The van der Waals surface area contributed by atoms with E-state index in [9.17, 15) is 14.7 Å². The van der Waals surface area contributed by atoms with Crippen LogP contribution in [0.15, 0.2) is 4.52 Å². The molecule has 7 heteroatoms. The zero-order valence-corrected chi connectivity index (χ0v) is 10.9. The molecule has 1 aliphatic rings. The third-order valence-corrected chi connectivity index (χ3v) is 3.65. The average molecular weight is 267 g/mol. The van der Waals surface area contributed by atoms with E-state index in [-0.39, 0.29) is 17.8 Å². The summed E-state index contributed by atoms with van der Waals surface area (Å²) in [7, 11) is 0. The molecule has 0 spiro atoms. The lowest BCUT2D eigenvalue weighted by atomic mass is 9.95. The number of hydrogen-bond donors (Lipinski definition) is 2. The number of aliphatic carboxylic acids is 1. The number of carbonyl (C=O) groups is 2. The molecular weight excluding hydrogens is 250 g/mol. The number of carboxylic acid groups (broad SMARTS) is 1. The maximum absolute atomic E-state index is 12.1. The van der Waals surface area contributed by atoms with Crippen LogP contribution in [0.5, 0.6) is 0 Å². The number of aryl methyl sites for hydroxylation is 1. The third-order valence-electron chi connectivity index (χ3n) is 3.65. The SMILES string of the molecule is CCC1C[C@H](C(=O)Nc2nc(C)no2)[C@H](C(=O)O)C1. The fraction of sp³-hybridized carbons (Fsp3) is 0.667. The van der Waals surface area contributed by atoms with Crippen molar-refractivity contribution in [1.82, 2.24) is 10.1 Å². The van der Waals surface area contributed by atoms with Crippen molar-refractivity contribution in [2.24, 2.45) is 17.8 Å². The minimum absolute atomic E-state index is 0.0200. The van der Waals surface area contributed by atoms with Crippen LogP contribution in [0.4, 0.5) is 6.01 Å². The number of anilines is 1. The van der Waals surface area contributed by atoms with E-state index in [1.165, 1.54) is 0 Å². The molecule has 104 valence electrons. The van der Waals surface area contributed by atoms with E-state index in [0.29, 0.717) is 18.7 Å². The molecule has 1 aromatic heterocycles. The number of carboxylic acids is 1. The van der Waals surface area contributed by atoms with E-state index in [4.69, 9.17) is 4.52 Å². The summed E-state index contributed by atoms with van der Waals surface area (Å²) in [5, 5.41) is 15.2. The maximum Gasteiger partial charge on any atom is 0.328 e. The molecular formula is C12H17N3O4. The predicted molar refractivity (Wildman–Crippen MR) is 65.3 cm³/mol. The molecule has 1 unspecified atom stereocenters. The van der Waals surface area contributed by atoms with Crippen molar-refractivity contribution in [2.45, 2.75) is 33.1 Å². The Bertz CT molecular complexity index is 485. The second kappa shape index (κ2) is 5.38. The highest BCUT2D eigenvalue weighted by atomic mass is 16.5. The first kappa shape index (κ1) is 13.5. The van der Waals surface area contributed by atoms with Crippen LogP contribution >= 0.6 is 0 Å². The van der Waals surface area contributed by atoms with Gasteiger partial charge in [0.1, 0.15) is 0 Å². The van der Waals surface area contributed by atoms with Crippen molar-refractivity contribution in [2.75, 3.05) is 5.32 Å². The molecule has 1 saturated carbocycles. The Morgan fingerprint density at radius 2 is 2.11 bits per heavy atom. The van der Waals surface area contributed by atoms with Crippen molar-refractivity contribution in [1.29, 1.82) is 0 Å². The third kappa shape index (κ3) is 2.91. The van der Waals surface area contributed by atoms with E-state index < -0.39 is 17.8 Å². The molecule has 1 heterocycles. The normalized spacial score (nSPS) is 26.3. The summed E-state index contributed by atoms with van der Waals surface area (Å²) in [5.41, 5.74) is 0. The van der Waals surface area contributed by atoms with Gasteiger partial charge in [0, 0.05) is 0 Å². The summed E-state index contributed by atoms with van der Waals surface area (Å²) >= 11 is 0. The monoisotopic (exact) mass is 267 g/mol. The van der Waals surface area contributed by atoms with Crippen LogP contribution in [0.3, 0.4) is 0 Å². The van der Waals surface area contributed by atoms with Gasteiger partial charge in [-0.2, -0.15) is 4.98 Å². The average Bonchev–Trinajstić information content (AvgIpc) is 2.95. The summed E-state index contributed by atoms with van der Waals surface area (Å²) in [6.07, 6.45) is 2.02. The van der Waals surface area contributed by atoms with Crippen molar-refractivity contribution < 1.29 is 19.2 Å². The topological polar surface area (TPSA) is 105 Å². The second-order valence-corrected chi connectivity index (χ2v) is 4.93. The van der Waals surface area contributed by atoms with Gasteiger partial charge in [-0.25, -0.2) is 0 Å². The number of amides is 1. The Hall–Kier alpha value is -1.92. The fourth-order valence-corrected chi connectivity index (χ4v) is 2.58. The number of nitrogens with zero attached hydrogens (tertiary/aromatic N) is 2. The summed E-state index contributed by atoms with van der Waals surface area (Å²) in [6.45, 7) is 3.65. The van der Waals surface area contributed by atoms with Crippen molar-refractivity contribution in [3.05, 3.63) is 5.82 Å². The van der Waals surface area contributed by atoms with E-state index in [0.717, 1.165) is 6.42 Å². The smallest absolute Gasteiger partial charge is 0.328 e. The number of rotatable bonds is 4. The highest BCUT2D eigenvalue weighted by molar-refractivity contribution is 5.93. The first-order valence-corrected chi connectivity index (χ1v) is 6.35. The lowest BCUT2D eigenvalue weighted by molar-refractivity contribution is -0.145. The van der Waals surface area contributed by atoms with Crippen LogP contribution in [0.1, 0.15) is 32.0 Å². The lowest BCUT2D eigenvalue weighted by Gasteiger charge is -2.13. The Morgan fingerprint density at radius 3 is 2.63 bits per heavy atom. The fourth-order valence-electron chi connectivity index (χ4n) is 2.58. The van der Waals surface area contributed by atoms with Gasteiger partial charge in [0.2, 0.25) is 5.91 Å². The van der Waals surface area contributed by atoms with E-state index in [2.05, 4.69) is 15.5 Å². The Morgan fingerprint density at radius 1 is 1.42 bits per heavy atom. The molecule has 7 nitrogen and oxygen atoms in total. The van der Waals surface area contributed by atoms with Gasteiger partial charge in [0.15, 0.2) is 5.82 Å². The van der Waals surface area contributed by atoms with E-state index in [1.807, 2.05) is 6.92 Å². The van der Waals surface area contributed by atoms with Crippen LogP contribution in [-0.4, -0.2) is 27.1 Å². The highest BCUT2D eigenvalue weighted by Crippen LogP contribution is 2.38. The summed E-state index contributed by atoms with van der Waals surface area (Å²) < 4.78 is 4.80. The summed E-state index contributed by atoms with van der Waals surface area (Å²) in [5.74, 6) is -1.74. The minimum atomic E-state index is -0.919. The molecule has 0 radical (unpaired) electrons. The van der Waals surface area contributed by atoms with Gasteiger partial charge >= 0.3 is 12.0 Å². The standard InChI is InChI=1S/C12H17N3O4/c1-3-7-4-8(9(5-7)11(17)18)10(16)14-12-13-6(2)15-19-12/h7-9H,3-5H2,1-2H3,(H,17,18)(H,13,14,15,16)/t7?,8-,9+/m0/s1. The number of hydrogen-bond acceptors (Lipinski definition) is 5. The van der Waals surface area contributed by atoms with E-state index >= 15 is 0 Å². The van der Waals surface area contributed by atoms with Crippen LogP contribution in [0.25, 0.3) is 0 Å². The Labute approximate surface area is 110 Å². The van der Waals surface area contributed by atoms with Crippen molar-refractivity contribution in [3.63, 3.8) is 0 Å². The van der Waals surface area contributed by atoms with Crippen LogP contribution in [0.2, 0.25) is 0 Å². The summed E-state index contributed by atoms with van der Waals surface area (Å²) in [6, 6.07) is 0.0200. The molecule has 1 aliphatic carbocycles. The molecule has 3 atom stereocenters. The van der Waals surface area contributed by atoms with Gasteiger partial charge in [-0.05, 0) is 25.7 Å². The quantitative estimate of drug-likeness (QED) is 0.855. The Kier molecular flexibility index (Phi) is 3.82. The predicted octanol–water partition coefficient (Wildman–Crippen LogP) is 1.45. The molecule has 2 N–H and O–H groups in total. The molecule has 0 bridgehead atoms. The minimum Gasteiger partial charge on any atom is -0.481 e. The van der Waals surface area contributed by atoms with E-state index in [1.54, 1.807) is 6.92 Å². The Balaban J connectivity index is 2.06. The zero-order chi connectivity index (χ0) is 14.0. The largest absolute Gasteiger partial charge is 0.481 e. The highest BCUT2D eigenvalue weighted by Gasteiger charge is 2.42. The maximum atomic E-state index is 12.1. The lowest BCUT2D eigenvalue weighted by Crippen LogP contribution is -2.30. The summed E-state index contributed by atoms with van der Waals surface area (Å²) in [4.78, 5) is 27.2. The van der Waals surface area contributed by atoms with Gasteiger partial charge in [-0.15, -0.1) is 0 Å². The van der Waals surface area contributed by atoms with Gasteiger partial charge in [0.25, 0.3) is 0 Å². The van der Waals surface area contributed by atoms with Crippen LogP contribution < -0.4 is 5.32 Å². The molecule has 0 saturated heterocycles. The van der Waals surface area contributed by atoms with Crippen LogP contribution in [0, 0.1) is 24.7 Å². The van der Waals surface area contributed by atoms with Crippen molar-refractivity contribution >= 4 is 17.9 Å². The first-order valence-electron chi connectivity index (χ1n) is 6.35. The molecule has 1 fully saturated rings. The molecule has 1 aromatic rings. The van der Waals surface area contributed by atoms with Crippen LogP contribution in [-0.2, 0) is 9.59 Å². The first-order chi connectivity index (χ1) is 9.01. The van der Waals surface area contributed by atoms with Gasteiger partial charge in [-0.1, -0.05) is 18.5 Å². The zero-order valence-electron chi connectivity index (χ0n) is 10.9. The number of nitrogens with one attached hydrogen (secondary N) is 1. The molecule has 0 aromatic carbocycles. The second-order valence-electron chi connectivity index (χ2n) is 4.93. The van der Waals surface area contributed by atoms with Gasteiger partial charge < -0.3 is 9.63 Å². The number of carbonyl (C=O) groups excluding carboxylic acids is 1. The molecule has 0 aliphatic heterocycles. The van der Waals surface area contributed by atoms with Gasteiger partial charge in [-0.3, -0.25) is 14.9 Å². The van der Waals surface area contributed by atoms with Gasteiger partial charge in [0.05, 0.1) is 11.8 Å². The number of aromatic nitrogens is 2.